The Morgan fingerprint density at radius 1 is 1.21 bits per heavy atom. The van der Waals surface area contributed by atoms with Crippen LogP contribution >= 0.6 is 23.1 Å². The zero-order valence-corrected chi connectivity index (χ0v) is 18.1. The summed E-state index contributed by atoms with van der Waals surface area (Å²) < 4.78 is 0. The van der Waals surface area contributed by atoms with Crippen LogP contribution in [-0.4, -0.2) is 46.5 Å². The Hall–Kier alpha value is -2.71. The third-order valence-electron chi connectivity index (χ3n) is 4.18. The van der Waals surface area contributed by atoms with Gasteiger partial charge in [0, 0.05) is 42.3 Å². The number of amides is 2. The molecule has 0 spiro atoms. The average Bonchev–Trinajstić information content (AvgIpc) is 3.23. The monoisotopic (exact) mass is 426 g/mol. The van der Waals surface area contributed by atoms with Gasteiger partial charge in [-0.05, 0) is 31.2 Å². The molecule has 150 valence electrons. The lowest BCUT2D eigenvalue weighted by Crippen LogP contribution is -2.27. The van der Waals surface area contributed by atoms with E-state index in [9.17, 15) is 9.59 Å². The van der Waals surface area contributed by atoms with E-state index in [1.807, 2.05) is 42.6 Å². The van der Waals surface area contributed by atoms with E-state index in [0.29, 0.717) is 5.56 Å². The first-order chi connectivity index (χ1) is 14.0. The van der Waals surface area contributed by atoms with E-state index in [2.05, 4.69) is 15.3 Å². The maximum absolute atomic E-state index is 12.9. The van der Waals surface area contributed by atoms with Gasteiger partial charge in [0.1, 0.15) is 5.01 Å². The molecule has 0 saturated heterocycles. The van der Waals surface area contributed by atoms with Gasteiger partial charge in [0.25, 0.3) is 5.91 Å². The first kappa shape index (κ1) is 21.0. The molecule has 0 radical (unpaired) electrons. The Morgan fingerprint density at radius 2 is 2.00 bits per heavy atom. The van der Waals surface area contributed by atoms with E-state index in [1.54, 1.807) is 37.5 Å². The van der Waals surface area contributed by atoms with Gasteiger partial charge in [-0.2, -0.15) is 0 Å². The van der Waals surface area contributed by atoms with Gasteiger partial charge >= 0.3 is 0 Å². The van der Waals surface area contributed by atoms with E-state index in [4.69, 9.17) is 0 Å². The van der Waals surface area contributed by atoms with Crippen LogP contribution < -0.4 is 5.32 Å². The van der Waals surface area contributed by atoms with Crippen LogP contribution in [-0.2, 0) is 4.79 Å². The number of thiazole rings is 1. The fourth-order valence-electron chi connectivity index (χ4n) is 2.52. The summed E-state index contributed by atoms with van der Waals surface area (Å²) in [6.07, 6.45) is 3.49. The van der Waals surface area contributed by atoms with Crippen molar-refractivity contribution in [3.8, 4) is 11.3 Å². The molecule has 3 aromatic rings. The molecule has 0 fully saturated rings. The standard InChI is InChI=1S/C21H22N4O2S2/c1-14(21-24-17(12-29-21)15-7-6-10-22-11-15)23-20(27)16-8-4-5-9-18(16)28-13-19(26)25(2)3/h4-12,14H,13H2,1-3H3,(H,23,27). The fourth-order valence-corrected chi connectivity index (χ4v) is 4.38. The molecule has 29 heavy (non-hydrogen) atoms. The smallest absolute Gasteiger partial charge is 0.252 e. The van der Waals surface area contributed by atoms with E-state index in [1.165, 1.54) is 23.1 Å². The van der Waals surface area contributed by atoms with E-state index < -0.39 is 0 Å². The Morgan fingerprint density at radius 3 is 2.72 bits per heavy atom. The lowest BCUT2D eigenvalue weighted by atomic mass is 10.2. The Balaban J connectivity index is 1.69. The zero-order valence-electron chi connectivity index (χ0n) is 16.5. The maximum atomic E-state index is 12.9. The molecule has 0 aliphatic carbocycles. The van der Waals surface area contributed by atoms with Gasteiger partial charge in [-0.25, -0.2) is 4.98 Å². The molecule has 8 heteroatoms. The van der Waals surface area contributed by atoms with Crippen molar-refractivity contribution >= 4 is 34.9 Å². The predicted molar refractivity (Wildman–Crippen MR) is 117 cm³/mol. The first-order valence-corrected chi connectivity index (χ1v) is 10.9. The molecule has 2 heterocycles. The molecule has 0 bridgehead atoms. The Labute approximate surface area is 178 Å². The van der Waals surface area contributed by atoms with Crippen LogP contribution in [0.3, 0.4) is 0 Å². The minimum Gasteiger partial charge on any atom is -0.348 e. The highest BCUT2D eigenvalue weighted by atomic mass is 32.2. The highest BCUT2D eigenvalue weighted by Crippen LogP contribution is 2.26. The third kappa shape index (κ3) is 5.42. The number of thioether (sulfide) groups is 1. The summed E-state index contributed by atoms with van der Waals surface area (Å²) in [4.78, 5) is 35.8. The fraction of sp³-hybridized carbons (Fsp3) is 0.238. The molecular formula is C21H22N4O2S2. The number of hydrogen-bond donors (Lipinski definition) is 1. The van der Waals surface area contributed by atoms with Gasteiger partial charge < -0.3 is 10.2 Å². The van der Waals surface area contributed by atoms with Crippen molar-refractivity contribution in [2.24, 2.45) is 0 Å². The molecule has 6 nitrogen and oxygen atoms in total. The van der Waals surface area contributed by atoms with Gasteiger partial charge in [-0.15, -0.1) is 23.1 Å². The lowest BCUT2D eigenvalue weighted by molar-refractivity contribution is -0.125. The molecule has 0 aliphatic rings. The number of pyridine rings is 1. The normalized spacial score (nSPS) is 11.7. The number of nitrogens with one attached hydrogen (secondary N) is 1. The van der Waals surface area contributed by atoms with Crippen molar-refractivity contribution in [1.82, 2.24) is 20.2 Å². The van der Waals surface area contributed by atoms with E-state index in [-0.39, 0.29) is 23.6 Å². The summed E-state index contributed by atoms with van der Waals surface area (Å²) in [5, 5.41) is 5.80. The van der Waals surface area contributed by atoms with Crippen molar-refractivity contribution in [2.45, 2.75) is 17.9 Å². The molecule has 0 aliphatic heterocycles. The number of carbonyl (C=O) groups excluding carboxylic acids is 2. The lowest BCUT2D eigenvalue weighted by Gasteiger charge is -2.14. The van der Waals surface area contributed by atoms with Crippen LogP contribution in [0.25, 0.3) is 11.3 Å². The quantitative estimate of drug-likeness (QED) is 0.581. The highest BCUT2D eigenvalue weighted by molar-refractivity contribution is 8.00. The Bertz CT molecular complexity index is 989. The molecule has 2 amide bonds. The van der Waals surface area contributed by atoms with Gasteiger partial charge in [0.2, 0.25) is 5.91 Å². The molecule has 1 unspecified atom stereocenters. The third-order valence-corrected chi connectivity index (χ3v) is 6.26. The summed E-state index contributed by atoms with van der Waals surface area (Å²) in [5.74, 6) is 0.105. The Kier molecular flexibility index (Phi) is 7.00. The minimum absolute atomic E-state index is 0.00398. The largest absolute Gasteiger partial charge is 0.348 e. The molecule has 1 atom stereocenters. The van der Waals surface area contributed by atoms with Crippen molar-refractivity contribution in [3.63, 3.8) is 0 Å². The average molecular weight is 427 g/mol. The van der Waals surface area contributed by atoms with Crippen LogP contribution in [0.15, 0.2) is 59.1 Å². The molecule has 1 aromatic carbocycles. The second-order valence-electron chi connectivity index (χ2n) is 6.58. The first-order valence-electron chi connectivity index (χ1n) is 9.04. The highest BCUT2D eigenvalue weighted by Gasteiger charge is 2.18. The van der Waals surface area contributed by atoms with Gasteiger partial charge in [0.05, 0.1) is 23.1 Å². The van der Waals surface area contributed by atoms with Crippen molar-refractivity contribution in [2.75, 3.05) is 19.8 Å². The molecule has 2 aromatic heterocycles. The second-order valence-corrected chi connectivity index (χ2v) is 8.49. The maximum Gasteiger partial charge on any atom is 0.252 e. The van der Waals surface area contributed by atoms with Crippen LogP contribution in [0.1, 0.15) is 28.3 Å². The SMILES string of the molecule is CC(NC(=O)c1ccccc1SCC(=O)N(C)C)c1nc(-c2cccnc2)cs1. The number of carbonyl (C=O) groups is 2. The van der Waals surface area contributed by atoms with Crippen molar-refractivity contribution < 1.29 is 9.59 Å². The zero-order chi connectivity index (χ0) is 20.8. The number of nitrogens with zero attached hydrogens (tertiary/aromatic N) is 3. The van der Waals surface area contributed by atoms with Crippen LogP contribution in [0.2, 0.25) is 0 Å². The molecule has 3 rings (SSSR count). The van der Waals surface area contributed by atoms with Crippen LogP contribution in [0.4, 0.5) is 0 Å². The number of hydrogen-bond acceptors (Lipinski definition) is 6. The minimum atomic E-state index is -0.237. The molecule has 0 saturated carbocycles. The van der Waals surface area contributed by atoms with Crippen LogP contribution in [0.5, 0.6) is 0 Å². The summed E-state index contributed by atoms with van der Waals surface area (Å²) in [6.45, 7) is 1.91. The van der Waals surface area contributed by atoms with E-state index >= 15 is 0 Å². The van der Waals surface area contributed by atoms with Crippen LogP contribution in [0, 0.1) is 0 Å². The van der Waals surface area contributed by atoms with Crippen molar-refractivity contribution in [1.29, 1.82) is 0 Å². The second kappa shape index (κ2) is 9.67. The number of rotatable bonds is 7. The van der Waals surface area contributed by atoms with Gasteiger partial charge in [-0.1, -0.05) is 12.1 Å². The van der Waals surface area contributed by atoms with E-state index in [0.717, 1.165) is 21.2 Å². The topological polar surface area (TPSA) is 75.2 Å². The van der Waals surface area contributed by atoms with Gasteiger partial charge in [0.15, 0.2) is 0 Å². The number of aromatic nitrogens is 2. The number of benzene rings is 1. The molecule has 1 N–H and O–H groups in total. The summed E-state index contributed by atoms with van der Waals surface area (Å²) >= 11 is 2.87. The molecular weight excluding hydrogens is 404 g/mol. The summed E-state index contributed by atoms with van der Waals surface area (Å²) in [6, 6.07) is 10.9. The summed E-state index contributed by atoms with van der Waals surface area (Å²) in [5.41, 5.74) is 2.35. The van der Waals surface area contributed by atoms with Gasteiger partial charge in [-0.3, -0.25) is 14.6 Å². The predicted octanol–water partition coefficient (Wildman–Crippen LogP) is 3.88. The summed E-state index contributed by atoms with van der Waals surface area (Å²) in [7, 11) is 3.44. The van der Waals surface area contributed by atoms with Crippen molar-refractivity contribution in [3.05, 3.63) is 64.7 Å².